The molecule has 0 aliphatic heterocycles. The molecular formula is C13H9ClFI. The number of benzene rings is 2. The van der Waals surface area contributed by atoms with Crippen LogP contribution in [0.15, 0.2) is 48.5 Å². The van der Waals surface area contributed by atoms with E-state index in [1.807, 2.05) is 24.3 Å². The quantitative estimate of drug-likeness (QED) is 0.543. The molecule has 0 bridgehead atoms. The fourth-order valence-corrected chi connectivity index (χ4v) is 2.11. The molecule has 0 nitrogen and oxygen atoms in total. The van der Waals surface area contributed by atoms with Crippen molar-refractivity contribution in [3.05, 3.63) is 69.0 Å². The van der Waals surface area contributed by atoms with Gasteiger partial charge in [-0.1, -0.05) is 24.3 Å². The van der Waals surface area contributed by atoms with Crippen molar-refractivity contribution in [3.63, 3.8) is 0 Å². The Morgan fingerprint density at radius 1 is 0.875 bits per heavy atom. The summed E-state index contributed by atoms with van der Waals surface area (Å²) in [7, 11) is 0. The molecule has 0 aliphatic carbocycles. The minimum atomic E-state index is -0.241. The van der Waals surface area contributed by atoms with Crippen LogP contribution in [-0.4, -0.2) is 0 Å². The maximum absolute atomic E-state index is 12.8. The van der Waals surface area contributed by atoms with Crippen LogP contribution < -0.4 is 0 Å². The van der Waals surface area contributed by atoms with Gasteiger partial charge in [0.1, 0.15) is 5.82 Å². The zero-order valence-corrected chi connectivity index (χ0v) is 11.2. The average Bonchev–Trinajstić information content (AvgIpc) is 2.30. The monoisotopic (exact) mass is 346 g/mol. The van der Waals surface area contributed by atoms with Crippen molar-refractivity contribution in [1.82, 2.24) is 0 Å². The van der Waals surface area contributed by atoms with E-state index in [1.165, 1.54) is 15.7 Å². The molecule has 0 N–H and O–H groups in total. The lowest BCUT2D eigenvalue weighted by molar-refractivity contribution is 0.627. The van der Waals surface area contributed by atoms with Crippen molar-refractivity contribution in [2.24, 2.45) is 0 Å². The third-order valence-electron chi connectivity index (χ3n) is 2.33. The van der Waals surface area contributed by atoms with Crippen molar-refractivity contribution in [2.45, 2.75) is 5.38 Å². The second-order valence-corrected chi connectivity index (χ2v) is 5.15. The topological polar surface area (TPSA) is 0 Å². The average molecular weight is 347 g/mol. The Kier molecular flexibility index (Phi) is 3.82. The number of alkyl halides is 1. The van der Waals surface area contributed by atoms with E-state index >= 15 is 0 Å². The highest BCUT2D eigenvalue weighted by Crippen LogP contribution is 2.28. The predicted molar refractivity (Wildman–Crippen MR) is 73.3 cm³/mol. The van der Waals surface area contributed by atoms with E-state index in [0.717, 1.165) is 11.1 Å². The lowest BCUT2D eigenvalue weighted by atomic mass is 10.0. The first-order valence-electron chi connectivity index (χ1n) is 4.82. The molecule has 0 aliphatic rings. The molecule has 16 heavy (non-hydrogen) atoms. The minimum absolute atomic E-state index is 0.224. The summed E-state index contributed by atoms with van der Waals surface area (Å²) in [6.45, 7) is 0. The van der Waals surface area contributed by atoms with Crippen molar-refractivity contribution < 1.29 is 4.39 Å². The van der Waals surface area contributed by atoms with Gasteiger partial charge in [0.25, 0.3) is 0 Å². The highest BCUT2D eigenvalue weighted by atomic mass is 127. The van der Waals surface area contributed by atoms with Crippen LogP contribution in [0.25, 0.3) is 0 Å². The van der Waals surface area contributed by atoms with Gasteiger partial charge in [-0.15, -0.1) is 11.6 Å². The smallest absolute Gasteiger partial charge is 0.123 e. The molecule has 0 fully saturated rings. The van der Waals surface area contributed by atoms with Gasteiger partial charge in [0.2, 0.25) is 0 Å². The zero-order chi connectivity index (χ0) is 11.5. The van der Waals surface area contributed by atoms with Crippen LogP contribution >= 0.6 is 34.2 Å². The molecule has 0 saturated carbocycles. The van der Waals surface area contributed by atoms with Gasteiger partial charge in [-0.25, -0.2) is 4.39 Å². The van der Waals surface area contributed by atoms with E-state index in [4.69, 9.17) is 11.6 Å². The van der Waals surface area contributed by atoms with Crippen LogP contribution in [0.1, 0.15) is 16.5 Å². The highest BCUT2D eigenvalue weighted by Gasteiger charge is 2.10. The first-order chi connectivity index (χ1) is 7.66. The number of hydrogen-bond acceptors (Lipinski definition) is 0. The summed E-state index contributed by atoms with van der Waals surface area (Å²) in [5.41, 5.74) is 1.93. The van der Waals surface area contributed by atoms with Gasteiger partial charge in [0, 0.05) is 3.57 Å². The van der Waals surface area contributed by atoms with Gasteiger partial charge in [-0.05, 0) is 58.0 Å². The Morgan fingerprint density at radius 2 is 1.31 bits per heavy atom. The molecular weight excluding hydrogens is 337 g/mol. The van der Waals surface area contributed by atoms with E-state index in [9.17, 15) is 4.39 Å². The Labute approximate surface area is 113 Å². The van der Waals surface area contributed by atoms with E-state index < -0.39 is 0 Å². The van der Waals surface area contributed by atoms with Gasteiger partial charge < -0.3 is 0 Å². The Balaban J connectivity index is 2.28. The molecule has 2 aromatic rings. The van der Waals surface area contributed by atoms with E-state index in [0.29, 0.717) is 0 Å². The van der Waals surface area contributed by atoms with Crippen LogP contribution in [0.4, 0.5) is 4.39 Å². The Hall–Kier alpha value is -0.610. The molecule has 1 atom stereocenters. The van der Waals surface area contributed by atoms with E-state index in [-0.39, 0.29) is 11.2 Å². The molecule has 0 amide bonds. The van der Waals surface area contributed by atoms with Crippen LogP contribution in [0.5, 0.6) is 0 Å². The molecule has 82 valence electrons. The van der Waals surface area contributed by atoms with Gasteiger partial charge in [-0.3, -0.25) is 0 Å². The third kappa shape index (κ3) is 2.74. The molecule has 0 spiro atoms. The van der Waals surface area contributed by atoms with Crippen molar-refractivity contribution in [3.8, 4) is 0 Å². The van der Waals surface area contributed by atoms with Crippen molar-refractivity contribution >= 4 is 34.2 Å². The zero-order valence-electron chi connectivity index (χ0n) is 8.33. The summed E-state index contributed by atoms with van der Waals surface area (Å²) < 4.78 is 13.9. The minimum Gasteiger partial charge on any atom is -0.207 e. The Bertz CT molecular complexity index is 419. The van der Waals surface area contributed by atoms with Crippen molar-refractivity contribution in [2.75, 3.05) is 0 Å². The number of halogens is 3. The highest BCUT2D eigenvalue weighted by molar-refractivity contribution is 14.1. The summed E-state index contributed by atoms with van der Waals surface area (Å²) in [4.78, 5) is 0. The molecule has 0 heterocycles. The molecule has 1 unspecified atom stereocenters. The summed E-state index contributed by atoms with van der Waals surface area (Å²) in [5, 5.41) is -0.224. The number of hydrogen-bond donors (Lipinski definition) is 0. The predicted octanol–water partition coefficient (Wildman–Crippen LogP) is 4.76. The SMILES string of the molecule is Fc1ccc(C(Cl)c2ccc(I)cc2)cc1. The normalized spacial score (nSPS) is 12.4. The molecule has 0 aromatic heterocycles. The van der Waals surface area contributed by atoms with Gasteiger partial charge >= 0.3 is 0 Å². The summed E-state index contributed by atoms with van der Waals surface area (Å²) in [6, 6.07) is 14.3. The Morgan fingerprint density at radius 3 is 1.81 bits per heavy atom. The first-order valence-corrected chi connectivity index (χ1v) is 6.33. The molecule has 2 aromatic carbocycles. The van der Waals surface area contributed by atoms with E-state index in [1.54, 1.807) is 12.1 Å². The molecule has 2 rings (SSSR count). The second-order valence-electron chi connectivity index (χ2n) is 3.47. The van der Waals surface area contributed by atoms with Gasteiger partial charge in [0.05, 0.1) is 5.38 Å². The van der Waals surface area contributed by atoms with Crippen LogP contribution in [-0.2, 0) is 0 Å². The molecule has 0 saturated heterocycles. The first kappa shape index (κ1) is 11.9. The fraction of sp³-hybridized carbons (Fsp3) is 0.0769. The largest absolute Gasteiger partial charge is 0.207 e. The molecule has 0 radical (unpaired) electrons. The van der Waals surface area contributed by atoms with Crippen LogP contribution in [0, 0.1) is 9.39 Å². The van der Waals surface area contributed by atoms with Gasteiger partial charge in [-0.2, -0.15) is 0 Å². The number of rotatable bonds is 2. The summed E-state index contributed by atoms with van der Waals surface area (Å²) >= 11 is 8.56. The maximum Gasteiger partial charge on any atom is 0.123 e. The van der Waals surface area contributed by atoms with E-state index in [2.05, 4.69) is 22.6 Å². The third-order valence-corrected chi connectivity index (χ3v) is 3.55. The lowest BCUT2D eigenvalue weighted by Gasteiger charge is -2.10. The van der Waals surface area contributed by atoms with Crippen LogP contribution in [0.3, 0.4) is 0 Å². The van der Waals surface area contributed by atoms with Crippen LogP contribution in [0.2, 0.25) is 0 Å². The van der Waals surface area contributed by atoms with Crippen molar-refractivity contribution in [1.29, 1.82) is 0 Å². The maximum atomic E-state index is 12.8. The summed E-state index contributed by atoms with van der Waals surface area (Å²) in [5.74, 6) is -0.241. The van der Waals surface area contributed by atoms with Gasteiger partial charge in [0.15, 0.2) is 0 Å². The molecule has 3 heteroatoms. The lowest BCUT2D eigenvalue weighted by Crippen LogP contribution is -1.93. The summed E-state index contributed by atoms with van der Waals surface area (Å²) in [6.07, 6.45) is 0. The second kappa shape index (κ2) is 5.15. The standard InChI is InChI=1S/C13H9ClFI/c14-13(9-1-5-11(15)6-2-9)10-3-7-12(16)8-4-10/h1-8,13H. The fourth-order valence-electron chi connectivity index (χ4n) is 1.46.